The quantitative estimate of drug-likeness (QED) is 0.678. The minimum absolute atomic E-state index is 0.272. The first-order chi connectivity index (χ1) is 9.08. The highest BCUT2D eigenvalue weighted by atomic mass is 19.1. The van der Waals surface area contributed by atoms with Crippen LogP contribution in [0.2, 0.25) is 0 Å². The van der Waals surface area contributed by atoms with Gasteiger partial charge in [0.05, 0.1) is 11.0 Å². The summed E-state index contributed by atoms with van der Waals surface area (Å²) in [6.07, 6.45) is 3.37. The average Bonchev–Trinajstić information content (AvgIpc) is 2.38. The van der Waals surface area contributed by atoms with Gasteiger partial charge in [-0.05, 0) is 36.2 Å². The van der Waals surface area contributed by atoms with Crippen LogP contribution in [0.4, 0.5) is 15.8 Å². The van der Waals surface area contributed by atoms with Gasteiger partial charge in [-0.3, -0.25) is 15.1 Å². The Bertz CT molecular complexity index is 617. The van der Waals surface area contributed by atoms with Crippen LogP contribution < -0.4 is 5.32 Å². The van der Waals surface area contributed by atoms with Crippen molar-refractivity contribution in [1.29, 1.82) is 0 Å². The van der Waals surface area contributed by atoms with E-state index in [4.69, 9.17) is 0 Å². The average molecular weight is 261 g/mol. The molecule has 1 aromatic heterocycles. The van der Waals surface area contributed by atoms with Crippen molar-refractivity contribution in [3.8, 4) is 0 Å². The molecule has 1 aromatic carbocycles. The Labute approximate surface area is 109 Å². The van der Waals surface area contributed by atoms with Crippen molar-refractivity contribution in [2.24, 2.45) is 0 Å². The summed E-state index contributed by atoms with van der Waals surface area (Å²) in [4.78, 5) is 14.2. The Hall–Kier alpha value is -2.50. The van der Waals surface area contributed by atoms with Crippen LogP contribution in [0.15, 0.2) is 36.7 Å². The van der Waals surface area contributed by atoms with Crippen LogP contribution in [-0.4, -0.2) is 9.91 Å². The van der Waals surface area contributed by atoms with Crippen molar-refractivity contribution in [3.63, 3.8) is 0 Å². The van der Waals surface area contributed by atoms with Crippen molar-refractivity contribution < 1.29 is 9.31 Å². The smallest absolute Gasteiger partial charge is 0.295 e. The maximum atomic E-state index is 13.0. The molecule has 0 aliphatic carbocycles. The summed E-state index contributed by atoms with van der Waals surface area (Å²) in [7, 11) is 0. The van der Waals surface area contributed by atoms with Gasteiger partial charge >= 0.3 is 0 Å². The first-order valence-electron chi connectivity index (χ1n) is 5.65. The lowest BCUT2D eigenvalue weighted by molar-refractivity contribution is -0.384. The molecule has 0 saturated heterocycles. The van der Waals surface area contributed by atoms with E-state index < -0.39 is 10.7 Å². The van der Waals surface area contributed by atoms with E-state index in [-0.39, 0.29) is 5.69 Å². The summed E-state index contributed by atoms with van der Waals surface area (Å²) in [6, 6.07) is 5.29. The van der Waals surface area contributed by atoms with Crippen LogP contribution in [0.5, 0.6) is 0 Å². The van der Waals surface area contributed by atoms with Gasteiger partial charge in [0.2, 0.25) is 0 Å². The van der Waals surface area contributed by atoms with Gasteiger partial charge in [0.15, 0.2) is 0 Å². The molecule has 0 aliphatic rings. The predicted molar refractivity (Wildman–Crippen MR) is 69.4 cm³/mol. The third-order valence-electron chi connectivity index (χ3n) is 2.76. The first-order valence-corrected chi connectivity index (χ1v) is 5.65. The molecule has 0 unspecified atom stereocenters. The van der Waals surface area contributed by atoms with E-state index in [2.05, 4.69) is 10.3 Å². The Morgan fingerprint density at radius 2 is 2.21 bits per heavy atom. The molecule has 1 heterocycles. The molecule has 98 valence electrons. The van der Waals surface area contributed by atoms with Gasteiger partial charge in [0, 0.05) is 18.9 Å². The molecule has 1 N–H and O–H groups in total. The van der Waals surface area contributed by atoms with Crippen molar-refractivity contribution in [3.05, 3.63) is 63.7 Å². The Kier molecular flexibility index (Phi) is 3.70. The van der Waals surface area contributed by atoms with Crippen LogP contribution in [0.3, 0.4) is 0 Å². The number of halogens is 1. The van der Waals surface area contributed by atoms with Crippen molar-refractivity contribution in [2.75, 3.05) is 5.32 Å². The van der Waals surface area contributed by atoms with Crippen LogP contribution in [0.1, 0.15) is 11.1 Å². The van der Waals surface area contributed by atoms with Crippen molar-refractivity contribution >= 4 is 11.4 Å². The number of nitrogens with zero attached hydrogens (tertiary/aromatic N) is 2. The second-order valence-corrected chi connectivity index (χ2v) is 4.07. The fourth-order valence-electron chi connectivity index (χ4n) is 1.70. The van der Waals surface area contributed by atoms with E-state index in [0.717, 1.165) is 17.2 Å². The fraction of sp³-hybridized carbons (Fsp3) is 0.154. The van der Waals surface area contributed by atoms with Gasteiger partial charge in [0.1, 0.15) is 11.5 Å². The van der Waals surface area contributed by atoms with Gasteiger partial charge in [0.25, 0.3) is 5.69 Å². The van der Waals surface area contributed by atoms with Crippen LogP contribution in [0, 0.1) is 22.9 Å². The molecule has 0 radical (unpaired) electrons. The molecule has 0 spiro atoms. The summed E-state index contributed by atoms with van der Waals surface area (Å²) in [6.45, 7) is 2.32. The SMILES string of the molecule is Cc1cnccc1CNc1ccc(F)cc1[N+](=O)[O-]. The molecule has 0 amide bonds. The molecule has 2 aromatic rings. The summed E-state index contributed by atoms with van der Waals surface area (Å²) in [5.41, 5.74) is 1.99. The molecule has 0 atom stereocenters. The Morgan fingerprint density at radius 1 is 1.42 bits per heavy atom. The van der Waals surface area contributed by atoms with Gasteiger partial charge in [-0.1, -0.05) is 0 Å². The number of pyridine rings is 1. The number of hydrogen-bond acceptors (Lipinski definition) is 4. The number of benzene rings is 1. The van der Waals surface area contributed by atoms with E-state index in [1.54, 1.807) is 12.4 Å². The summed E-state index contributed by atoms with van der Waals surface area (Å²) < 4.78 is 13.0. The number of nitro groups is 1. The zero-order valence-electron chi connectivity index (χ0n) is 10.3. The highest BCUT2D eigenvalue weighted by Crippen LogP contribution is 2.25. The Balaban J connectivity index is 2.20. The molecule has 0 bridgehead atoms. The molecular formula is C13H12FN3O2. The Morgan fingerprint density at radius 3 is 2.89 bits per heavy atom. The van der Waals surface area contributed by atoms with E-state index in [1.807, 2.05) is 13.0 Å². The summed E-state index contributed by atoms with van der Waals surface area (Å²) in [5.74, 6) is -0.627. The second kappa shape index (κ2) is 5.43. The number of nitrogens with one attached hydrogen (secondary N) is 1. The zero-order valence-corrected chi connectivity index (χ0v) is 10.3. The minimum Gasteiger partial charge on any atom is -0.375 e. The maximum absolute atomic E-state index is 13.0. The topological polar surface area (TPSA) is 68.1 Å². The maximum Gasteiger partial charge on any atom is 0.295 e. The first kappa shape index (κ1) is 12.9. The lowest BCUT2D eigenvalue weighted by atomic mass is 10.1. The van der Waals surface area contributed by atoms with Crippen molar-refractivity contribution in [1.82, 2.24) is 4.98 Å². The molecule has 6 heteroatoms. The molecule has 0 saturated carbocycles. The lowest BCUT2D eigenvalue weighted by Gasteiger charge is -2.09. The number of aromatic nitrogens is 1. The standard InChI is InChI=1S/C13H12FN3O2/c1-9-7-15-5-4-10(9)8-16-12-3-2-11(14)6-13(12)17(18)19/h2-7,16H,8H2,1H3. The molecule has 2 rings (SSSR count). The van der Waals surface area contributed by atoms with E-state index in [9.17, 15) is 14.5 Å². The second-order valence-electron chi connectivity index (χ2n) is 4.07. The molecule has 5 nitrogen and oxygen atoms in total. The van der Waals surface area contributed by atoms with E-state index >= 15 is 0 Å². The molecule has 19 heavy (non-hydrogen) atoms. The number of anilines is 1. The number of rotatable bonds is 4. The minimum atomic E-state index is -0.627. The van der Waals surface area contributed by atoms with E-state index in [1.165, 1.54) is 12.1 Å². The fourth-order valence-corrected chi connectivity index (χ4v) is 1.70. The molecular weight excluding hydrogens is 249 g/mol. The summed E-state index contributed by atoms with van der Waals surface area (Å²) in [5, 5.41) is 13.8. The van der Waals surface area contributed by atoms with Gasteiger partial charge in [-0.2, -0.15) is 0 Å². The third-order valence-corrected chi connectivity index (χ3v) is 2.76. The number of nitro benzene ring substituents is 1. The molecule has 0 fully saturated rings. The predicted octanol–water partition coefficient (Wildman–Crippen LogP) is 3.05. The van der Waals surface area contributed by atoms with Crippen LogP contribution in [0.25, 0.3) is 0 Å². The highest BCUT2D eigenvalue weighted by Gasteiger charge is 2.14. The normalized spacial score (nSPS) is 10.2. The highest BCUT2D eigenvalue weighted by molar-refractivity contribution is 5.61. The zero-order chi connectivity index (χ0) is 13.8. The monoisotopic (exact) mass is 261 g/mol. The number of aryl methyl sites for hydroxylation is 1. The summed E-state index contributed by atoms with van der Waals surface area (Å²) >= 11 is 0. The van der Waals surface area contributed by atoms with E-state index in [0.29, 0.717) is 12.2 Å². The molecule has 0 aliphatic heterocycles. The van der Waals surface area contributed by atoms with Gasteiger partial charge < -0.3 is 5.32 Å². The van der Waals surface area contributed by atoms with Crippen LogP contribution >= 0.6 is 0 Å². The number of hydrogen-bond donors (Lipinski definition) is 1. The lowest BCUT2D eigenvalue weighted by Crippen LogP contribution is -2.04. The third kappa shape index (κ3) is 3.04. The van der Waals surface area contributed by atoms with Crippen molar-refractivity contribution in [2.45, 2.75) is 13.5 Å². The van der Waals surface area contributed by atoms with Crippen LogP contribution in [-0.2, 0) is 6.54 Å². The largest absolute Gasteiger partial charge is 0.375 e. The van der Waals surface area contributed by atoms with Gasteiger partial charge in [-0.15, -0.1) is 0 Å². The van der Waals surface area contributed by atoms with Gasteiger partial charge in [-0.25, -0.2) is 4.39 Å².